The lowest BCUT2D eigenvalue weighted by molar-refractivity contribution is -0.136. The van der Waals surface area contributed by atoms with Crippen LogP contribution in [-0.2, 0) is 32.7 Å². The van der Waals surface area contributed by atoms with E-state index in [0.717, 1.165) is 6.26 Å². The monoisotopic (exact) mass is 417 g/mol. The zero-order chi connectivity index (χ0) is 20.9. The molecule has 2 heterocycles. The van der Waals surface area contributed by atoms with Crippen molar-refractivity contribution < 1.29 is 23.1 Å². The largest absolute Gasteiger partial charge is 0.394 e. The highest BCUT2D eigenvalue weighted by Crippen LogP contribution is 2.18. The van der Waals surface area contributed by atoms with Crippen LogP contribution in [0.3, 0.4) is 0 Å². The maximum Gasteiger partial charge on any atom is 0.222 e. The molecule has 160 valence electrons. The van der Waals surface area contributed by atoms with Crippen LogP contribution in [0.2, 0.25) is 0 Å². The predicted octanol–water partition coefficient (Wildman–Crippen LogP) is -0.306. The Labute approximate surface area is 166 Å². The van der Waals surface area contributed by atoms with Gasteiger partial charge in [0, 0.05) is 39.0 Å². The summed E-state index contributed by atoms with van der Waals surface area (Å²) in [5.74, 6) is -0.207. The smallest absolute Gasteiger partial charge is 0.222 e. The van der Waals surface area contributed by atoms with E-state index in [1.54, 1.807) is 22.7 Å². The lowest BCUT2D eigenvalue weighted by atomic mass is 10.0. The first-order chi connectivity index (χ1) is 13.1. The van der Waals surface area contributed by atoms with Gasteiger partial charge in [0.2, 0.25) is 15.9 Å². The van der Waals surface area contributed by atoms with Crippen molar-refractivity contribution in [1.82, 2.24) is 24.2 Å². The maximum absolute atomic E-state index is 12.7. The van der Waals surface area contributed by atoms with Gasteiger partial charge in [-0.15, -0.1) is 5.10 Å². The van der Waals surface area contributed by atoms with Crippen molar-refractivity contribution in [2.24, 2.45) is 5.92 Å². The minimum atomic E-state index is -3.37. The summed E-state index contributed by atoms with van der Waals surface area (Å²) in [5, 5.41) is 17.7. The van der Waals surface area contributed by atoms with Crippen LogP contribution < -0.4 is 0 Å². The van der Waals surface area contributed by atoms with Gasteiger partial charge in [0.1, 0.15) is 5.69 Å². The third-order valence-electron chi connectivity index (χ3n) is 5.05. The molecule has 1 aliphatic heterocycles. The average molecular weight is 418 g/mol. The number of likely N-dealkylation sites (N-methyl/N-ethyl adjacent to an activating group) is 1. The first-order valence-electron chi connectivity index (χ1n) is 9.44. The Kier molecular flexibility index (Phi) is 7.93. The fourth-order valence-corrected chi connectivity index (χ4v) is 3.50. The molecular formula is C17H31N5O5S. The molecule has 0 radical (unpaired) electrons. The zero-order valence-electron chi connectivity index (χ0n) is 17.0. The van der Waals surface area contributed by atoms with Gasteiger partial charge in [-0.3, -0.25) is 9.48 Å². The minimum absolute atomic E-state index is 0.0526. The number of rotatable bonds is 5. The van der Waals surface area contributed by atoms with Crippen LogP contribution in [0.5, 0.6) is 0 Å². The molecule has 0 saturated carbocycles. The molecule has 0 aliphatic carbocycles. The number of aromatic nitrogens is 3. The van der Waals surface area contributed by atoms with E-state index in [4.69, 9.17) is 4.74 Å². The lowest BCUT2D eigenvalue weighted by Gasteiger charge is -2.34. The lowest BCUT2D eigenvalue weighted by Crippen LogP contribution is -2.47. The minimum Gasteiger partial charge on any atom is -0.394 e. The van der Waals surface area contributed by atoms with E-state index in [2.05, 4.69) is 10.3 Å². The molecule has 28 heavy (non-hydrogen) atoms. The van der Waals surface area contributed by atoms with Crippen molar-refractivity contribution in [3.05, 3.63) is 11.9 Å². The molecule has 0 spiro atoms. The average Bonchev–Trinajstić information content (AvgIpc) is 3.08. The van der Waals surface area contributed by atoms with E-state index in [1.165, 1.54) is 11.4 Å². The van der Waals surface area contributed by atoms with Crippen molar-refractivity contribution >= 4 is 15.9 Å². The van der Waals surface area contributed by atoms with Gasteiger partial charge in [-0.25, -0.2) is 12.7 Å². The number of aliphatic hydroxyl groups is 1. The van der Waals surface area contributed by atoms with Crippen LogP contribution in [0.15, 0.2) is 6.20 Å². The van der Waals surface area contributed by atoms with Crippen LogP contribution >= 0.6 is 0 Å². The summed E-state index contributed by atoms with van der Waals surface area (Å²) in [4.78, 5) is 14.4. The molecule has 11 heteroatoms. The Balaban J connectivity index is 2.27. The first kappa shape index (κ1) is 22.7. The fourth-order valence-electron chi connectivity index (χ4n) is 3.08. The van der Waals surface area contributed by atoms with Gasteiger partial charge >= 0.3 is 0 Å². The van der Waals surface area contributed by atoms with Gasteiger partial charge in [0.25, 0.3) is 0 Å². The van der Waals surface area contributed by atoms with E-state index < -0.39 is 16.1 Å². The molecule has 0 fully saturated rings. The van der Waals surface area contributed by atoms with Crippen molar-refractivity contribution in [3.63, 3.8) is 0 Å². The Morgan fingerprint density at radius 3 is 2.82 bits per heavy atom. The molecular weight excluding hydrogens is 386 g/mol. The third-order valence-corrected chi connectivity index (χ3v) is 6.33. The normalized spacial score (nSPS) is 23.8. The molecule has 1 aromatic heterocycles. The highest BCUT2D eigenvalue weighted by molar-refractivity contribution is 7.88. The summed E-state index contributed by atoms with van der Waals surface area (Å²) in [5.41, 5.74) is 0.658. The number of carbonyl (C=O) groups is 1. The summed E-state index contributed by atoms with van der Waals surface area (Å²) in [6, 6.07) is -0.328. The van der Waals surface area contributed by atoms with E-state index in [1.807, 2.05) is 6.92 Å². The van der Waals surface area contributed by atoms with Crippen molar-refractivity contribution in [3.8, 4) is 0 Å². The molecule has 1 N–H and O–H groups in total. The van der Waals surface area contributed by atoms with Crippen LogP contribution in [-0.4, -0.2) is 88.8 Å². The number of aryl methyl sites for hydroxylation is 1. The SMILES string of the molecule is C[C@H](CO)N1C[C@H](C)[C@H](CN(C)S(C)(=O)=O)OCc2cn(nn2)CCCC1=O. The number of ether oxygens (including phenoxy) is 1. The van der Waals surface area contributed by atoms with Crippen LogP contribution in [0, 0.1) is 5.92 Å². The summed E-state index contributed by atoms with van der Waals surface area (Å²) in [7, 11) is -1.87. The number of sulfonamides is 1. The van der Waals surface area contributed by atoms with Crippen LogP contribution in [0.25, 0.3) is 0 Å². The second-order valence-corrected chi connectivity index (χ2v) is 9.61. The number of hydrogen-bond donors (Lipinski definition) is 1. The standard InChI is InChI=1S/C17H31N5O5S/c1-13-8-22(14(2)11-23)17(24)6-5-7-21-9-15(18-19-21)12-27-16(13)10-20(3)28(4,25)26/h9,13-14,16,23H,5-8,10-12H2,1-4H3/t13-,14+,16-/m0/s1. The van der Waals surface area contributed by atoms with Gasteiger partial charge in [-0.1, -0.05) is 12.1 Å². The Bertz CT molecular complexity index is 753. The van der Waals surface area contributed by atoms with Crippen molar-refractivity contribution in [2.75, 3.05) is 33.0 Å². The predicted molar refractivity (Wildman–Crippen MR) is 103 cm³/mol. The van der Waals surface area contributed by atoms with Gasteiger partial charge in [-0.05, 0) is 13.3 Å². The first-order valence-corrected chi connectivity index (χ1v) is 11.3. The molecule has 0 saturated heterocycles. The van der Waals surface area contributed by atoms with E-state index in [0.29, 0.717) is 31.6 Å². The van der Waals surface area contributed by atoms with Crippen LogP contribution in [0.1, 0.15) is 32.4 Å². The van der Waals surface area contributed by atoms with E-state index >= 15 is 0 Å². The summed E-state index contributed by atoms with van der Waals surface area (Å²) >= 11 is 0. The van der Waals surface area contributed by atoms with E-state index in [-0.39, 0.29) is 37.6 Å². The topological polar surface area (TPSA) is 118 Å². The highest BCUT2D eigenvalue weighted by atomic mass is 32.2. The third kappa shape index (κ3) is 6.23. The van der Waals surface area contributed by atoms with Gasteiger partial charge < -0.3 is 14.7 Å². The molecule has 10 nitrogen and oxygen atoms in total. The molecule has 1 aliphatic rings. The molecule has 0 unspecified atom stereocenters. The van der Waals surface area contributed by atoms with E-state index in [9.17, 15) is 18.3 Å². The van der Waals surface area contributed by atoms with Gasteiger partial charge in [-0.2, -0.15) is 0 Å². The number of nitrogens with zero attached hydrogens (tertiary/aromatic N) is 5. The molecule has 3 atom stereocenters. The number of carbonyl (C=O) groups excluding carboxylic acids is 1. The second kappa shape index (κ2) is 9.77. The number of hydrogen-bond acceptors (Lipinski definition) is 7. The van der Waals surface area contributed by atoms with Crippen LogP contribution in [0.4, 0.5) is 0 Å². The quantitative estimate of drug-likeness (QED) is 0.698. The zero-order valence-corrected chi connectivity index (χ0v) is 17.8. The Morgan fingerprint density at radius 1 is 1.46 bits per heavy atom. The molecule has 1 amide bonds. The molecule has 1 aromatic rings. The number of aliphatic hydroxyl groups excluding tert-OH is 1. The van der Waals surface area contributed by atoms with Gasteiger partial charge in [0.15, 0.2) is 0 Å². The second-order valence-electron chi connectivity index (χ2n) is 7.52. The van der Waals surface area contributed by atoms with Gasteiger partial charge in [0.05, 0.1) is 37.8 Å². The summed E-state index contributed by atoms with van der Waals surface area (Å²) in [6.07, 6.45) is 3.42. The van der Waals surface area contributed by atoms with Crippen molar-refractivity contribution in [1.29, 1.82) is 0 Å². The molecule has 2 rings (SSSR count). The number of fused-ring (bicyclic) bond motifs is 2. The maximum atomic E-state index is 12.7. The Hall–Kier alpha value is -1.56. The number of amides is 1. The Morgan fingerprint density at radius 2 is 2.18 bits per heavy atom. The van der Waals surface area contributed by atoms with Crippen molar-refractivity contribution in [2.45, 2.75) is 52.0 Å². The summed E-state index contributed by atoms with van der Waals surface area (Å²) in [6.45, 7) is 4.87. The molecule has 2 bridgehead atoms. The fraction of sp³-hybridized carbons (Fsp3) is 0.824. The highest BCUT2D eigenvalue weighted by Gasteiger charge is 2.29. The molecule has 0 aromatic carbocycles. The summed E-state index contributed by atoms with van der Waals surface area (Å²) < 4.78 is 32.6.